The molecule has 18 heavy (non-hydrogen) atoms. The van der Waals surface area contributed by atoms with E-state index in [0.29, 0.717) is 0 Å². The second-order valence-electron chi connectivity index (χ2n) is 4.67. The van der Waals surface area contributed by atoms with Crippen molar-refractivity contribution in [3.8, 4) is 0 Å². The minimum Gasteiger partial charge on any atom is -0.391 e. The smallest absolute Gasteiger partial charge is 0.0774 e. The van der Waals surface area contributed by atoms with E-state index in [2.05, 4.69) is 29.5 Å². The molecule has 2 heterocycles. The lowest BCUT2D eigenvalue weighted by Gasteiger charge is -2.19. The van der Waals surface area contributed by atoms with Gasteiger partial charge in [-0.25, -0.2) is 0 Å². The Bertz CT molecular complexity index is 581. The van der Waals surface area contributed by atoms with Crippen molar-refractivity contribution in [2.45, 2.75) is 19.2 Å². The molecule has 4 heteroatoms. The molecule has 0 radical (unpaired) electrons. The maximum absolute atomic E-state index is 9.17. The van der Waals surface area contributed by atoms with Crippen molar-refractivity contribution >= 4 is 22.9 Å². The van der Waals surface area contributed by atoms with Crippen LogP contribution >= 0.6 is 22.9 Å². The summed E-state index contributed by atoms with van der Waals surface area (Å²) < 4.78 is 0. The van der Waals surface area contributed by atoms with Crippen LogP contribution in [0.3, 0.4) is 0 Å². The fourth-order valence-electron chi connectivity index (χ4n) is 2.63. The third-order valence-corrected chi connectivity index (χ3v) is 4.58. The van der Waals surface area contributed by atoms with E-state index in [-0.39, 0.29) is 12.6 Å². The number of aliphatic hydroxyl groups excluding tert-OH is 1. The molecule has 1 aliphatic heterocycles. The zero-order chi connectivity index (χ0) is 12.7. The lowest BCUT2D eigenvalue weighted by Crippen LogP contribution is -2.16. The molecule has 0 saturated heterocycles. The van der Waals surface area contributed by atoms with Gasteiger partial charge in [-0.2, -0.15) is 0 Å². The van der Waals surface area contributed by atoms with Crippen LogP contribution in [0.1, 0.15) is 27.6 Å². The van der Waals surface area contributed by atoms with Gasteiger partial charge in [0.15, 0.2) is 0 Å². The second kappa shape index (κ2) is 4.67. The Morgan fingerprint density at radius 3 is 3.00 bits per heavy atom. The molecule has 0 bridgehead atoms. The maximum atomic E-state index is 9.17. The molecule has 2 aromatic rings. The second-order valence-corrected chi connectivity index (χ2v) is 6.10. The van der Waals surface area contributed by atoms with Crippen LogP contribution in [0.2, 0.25) is 5.02 Å². The zero-order valence-corrected chi connectivity index (χ0v) is 11.6. The Morgan fingerprint density at radius 1 is 1.44 bits per heavy atom. The predicted molar refractivity (Wildman–Crippen MR) is 75.0 cm³/mol. The number of rotatable bonds is 2. The zero-order valence-electron chi connectivity index (χ0n) is 10.1. The SMILES string of the molecule is CN1Cc2cc(Cl)ccc2C1c1csc(CO)c1. The van der Waals surface area contributed by atoms with Gasteiger partial charge in [0.2, 0.25) is 0 Å². The van der Waals surface area contributed by atoms with Crippen LogP contribution in [-0.4, -0.2) is 17.1 Å². The number of benzene rings is 1. The van der Waals surface area contributed by atoms with Gasteiger partial charge in [0, 0.05) is 16.4 Å². The molecule has 1 aliphatic rings. The monoisotopic (exact) mass is 279 g/mol. The summed E-state index contributed by atoms with van der Waals surface area (Å²) in [6.07, 6.45) is 0. The van der Waals surface area contributed by atoms with Gasteiger partial charge in [-0.1, -0.05) is 17.7 Å². The molecule has 2 nitrogen and oxygen atoms in total. The highest BCUT2D eigenvalue weighted by atomic mass is 35.5. The van der Waals surface area contributed by atoms with E-state index in [4.69, 9.17) is 11.6 Å². The van der Waals surface area contributed by atoms with Gasteiger partial charge in [-0.15, -0.1) is 11.3 Å². The minimum atomic E-state index is 0.120. The van der Waals surface area contributed by atoms with Crippen molar-refractivity contribution in [1.29, 1.82) is 0 Å². The number of halogens is 1. The molecule has 1 N–H and O–H groups in total. The van der Waals surface area contributed by atoms with Crippen molar-refractivity contribution in [2.24, 2.45) is 0 Å². The van der Waals surface area contributed by atoms with Crippen molar-refractivity contribution in [1.82, 2.24) is 4.90 Å². The molecule has 1 aromatic heterocycles. The highest BCUT2D eigenvalue weighted by molar-refractivity contribution is 7.10. The van der Waals surface area contributed by atoms with Crippen LogP contribution in [-0.2, 0) is 13.2 Å². The van der Waals surface area contributed by atoms with E-state index < -0.39 is 0 Å². The van der Waals surface area contributed by atoms with Crippen LogP contribution in [0.25, 0.3) is 0 Å². The van der Waals surface area contributed by atoms with Crippen molar-refractivity contribution in [3.63, 3.8) is 0 Å². The van der Waals surface area contributed by atoms with Gasteiger partial charge in [0.1, 0.15) is 0 Å². The lowest BCUT2D eigenvalue weighted by molar-refractivity contribution is 0.284. The highest BCUT2D eigenvalue weighted by Crippen LogP contribution is 2.39. The topological polar surface area (TPSA) is 23.5 Å². The number of fused-ring (bicyclic) bond motifs is 1. The van der Waals surface area contributed by atoms with E-state index in [1.165, 1.54) is 16.7 Å². The summed E-state index contributed by atoms with van der Waals surface area (Å²) in [5, 5.41) is 12.1. The summed E-state index contributed by atoms with van der Waals surface area (Å²) in [4.78, 5) is 3.32. The number of aliphatic hydroxyl groups is 1. The number of nitrogens with zero attached hydrogens (tertiary/aromatic N) is 1. The molecule has 3 rings (SSSR count). The summed E-state index contributed by atoms with van der Waals surface area (Å²) in [6.45, 7) is 1.04. The van der Waals surface area contributed by atoms with Gasteiger partial charge in [-0.3, -0.25) is 4.90 Å². The fraction of sp³-hybridized carbons (Fsp3) is 0.286. The normalized spacial score (nSPS) is 19.2. The number of thiophene rings is 1. The van der Waals surface area contributed by atoms with Crippen molar-refractivity contribution in [3.05, 3.63) is 56.2 Å². The van der Waals surface area contributed by atoms with Crippen LogP contribution in [0.15, 0.2) is 29.6 Å². The molecule has 0 amide bonds. The molecular formula is C14H14ClNOS. The third-order valence-electron chi connectivity index (χ3n) is 3.41. The first-order valence-electron chi connectivity index (χ1n) is 5.86. The van der Waals surface area contributed by atoms with E-state index in [1.807, 2.05) is 12.1 Å². The van der Waals surface area contributed by atoms with Gasteiger partial charge >= 0.3 is 0 Å². The van der Waals surface area contributed by atoms with E-state index >= 15 is 0 Å². The van der Waals surface area contributed by atoms with Crippen LogP contribution in [0.5, 0.6) is 0 Å². The fourth-order valence-corrected chi connectivity index (χ4v) is 3.59. The average molecular weight is 280 g/mol. The van der Waals surface area contributed by atoms with E-state index in [9.17, 15) is 5.11 Å². The Kier molecular flexibility index (Phi) is 3.16. The molecule has 94 valence electrons. The summed E-state index contributed by atoms with van der Waals surface area (Å²) in [5.74, 6) is 0. The highest BCUT2D eigenvalue weighted by Gasteiger charge is 2.29. The molecular weight excluding hydrogens is 266 g/mol. The molecule has 0 aliphatic carbocycles. The summed E-state index contributed by atoms with van der Waals surface area (Å²) in [7, 11) is 2.12. The molecule has 0 fully saturated rings. The maximum Gasteiger partial charge on any atom is 0.0774 e. The third kappa shape index (κ3) is 1.97. The van der Waals surface area contributed by atoms with Crippen molar-refractivity contribution < 1.29 is 5.11 Å². The van der Waals surface area contributed by atoms with Crippen LogP contribution < -0.4 is 0 Å². The number of hydrogen-bond donors (Lipinski definition) is 1. The van der Waals surface area contributed by atoms with Gasteiger partial charge in [0.25, 0.3) is 0 Å². The first-order valence-corrected chi connectivity index (χ1v) is 7.11. The molecule has 1 aromatic carbocycles. The van der Waals surface area contributed by atoms with Gasteiger partial charge in [-0.05, 0) is 47.3 Å². The summed E-state index contributed by atoms with van der Waals surface area (Å²) in [6, 6.07) is 8.49. The van der Waals surface area contributed by atoms with Gasteiger partial charge in [0.05, 0.1) is 12.6 Å². The largest absolute Gasteiger partial charge is 0.391 e. The van der Waals surface area contributed by atoms with Crippen LogP contribution in [0.4, 0.5) is 0 Å². The molecule has 0 spiro atoms. The molecule has 1 unspecified atom stereocenters. The quantitative estimate of drug-likeness (QED) is 0.910. The molecule has 0 saturated carbocycles. The first-order chi connectivity index (χ1) is 8.69. The Labute approximate surface area is 115 Å². The van der Waals surface area contributed by atoms with E-state index in [1.54, 1.807) is 11.3 Å². The lowest BCUT2D eigenvalue weighted by atomic mass is 10.0. The van der Waals surface area contributed by atoms with Gasteiger partial charge < -0.3 is 5.11 Å². The number of hydrogen-bond acceptors (Lipinski definition) is 3. The summed E-state index contributed by atoms with van der Waals surface area (Å²) in [5.41, 5.74) is 3.88. The van der Waals surface area contributed by atoms with E-state index in [0.717, 1.165) is 16.4 Å². The first kappa shape index (κ1) is 12.2. The van der Waals surface area contributed by atoms with Crippen molar-refractivity contribution in [2.75, 3.05) is 7.05 Å². The Hall–Kier alpha value is -0.870. The summed E-state index contributed by atoms with van der Waals surface area (Å²) >= 11 is 7.66. The standard InChI is InChI=1S/C14H14ClNOS/c1-16-6-9-4-11(15)2-3-13(9)14(16)10-5-12(7-17)18-8-10/h2-5,8,14,17H,6-7H2,1H3. The van der Waals surface area contributed by atoms with Crippen LogP contribution in [0, 0.1) is 0 Å². The Balaban J connectivity index is 2.03. The average Bonchev–Trinajstić information content (AvgIpc) is 2.91. The predicted octanol–water partition coefficient (Wildman–Crippen LogP) is 3.43. The minimum absolute atomic E-state index is 0.120. The molecule has 1 atom stereocenters. The Morgan fingerprint density at radius 2 is 2.28 bits per heavy atom.